The molecular formula is C22H26N6O3. The second-order valence-corrected chi connectivity index (χ2v) is 7.37. The fraction of sp³-hybridized carbons (Fsp3) is 0.318. The van der Waals surface area contributed by atoms with Gasteiger partial charge < -0.3 is 10.6 Å². The molecular weight excluding hydrogens is 396 g/mol. The lowest BCUT2D eigenvalue weighted by Crippen LogP contribution is -2.32. The average molecular weight is 422 g/mol. The summed E-state index contributed by atoms with van der Waals surface area (Å²) < 4.78 is 2.90. The van der Waals surface area contributed by atoms with Gasteiger partial charge in [0, 0.05) is 35.8 Å². The van der Waals surface area contributed by atoms with Gasteiger partial charge in [-0.05, 0) is 44.5 Å². The largest absolute Gasteiger partial charge is 0.326 e. The number of carbonyl (C=O) groups excluding carboxylic acids is 2. The van der Waals surface area contributed by atoms with Gasteiger partial charge in [0.25, 0.3) is 5.56 Å². The summed E-state index contributed by atoms with van der Waals surface area (Å²) in [5, 5.41) is 9.87. The van der Waals surface area contributed by atoms with Crippen molar-refractivity contribution in [2.45, 2.75) is 47.1 Å². The topological polar surface area (TPSA) is 111 Å². The van der Waals surface area contributed by atoms with E-state index in [-0.39, 0.29) is 18.0 Å². The first-order valence-electron chi connectivity index (χ1n) is 10.1. The zero-order valence-electron chi connectivity index (χ0n) is 18.1. The first-order chi connectivity index (χ1) is 14.8. The van der Waals surface area contributed by atoms with Gasteiger partial charge in [-0.3, -0.25) is 19.0 Å². The number of rotatable bonds is 7. The highest BCUT2D eigenvalue weighted by Gasteiger charge is 2.16. The molecule has 162 valence electrons. The van der Waals surface area contributed by atoms with Crippen molar-refractivity contribution in [2.75, 3.05) is 10.6 Å². The highest BCUT2D eigenvalue weighted by Crippen LogP contribution is 2.16. The summed E-state index contributed by atoms with van der Waals surface area (Å²) in [6, 6.07) is 10.1. The summed E-state index contributed by atoms with van der Waals surface area (Å²) in [6.45, 7) is 6.93. The molecule has 2 N–H and O–H groups in total. The number of anilines is 2. The molecule has 3 aromatic rings. The van der Waals surface area contributed by atoms with Gasteiger partial charge in [-0.25, -0.2) is 9.67 Å². The smallest absolute Gasteiger partial charge is 0.255 e. The van der Waals surface area contributed by atoms with E-state index in [9.17, 15) is 14.4 Å². The van der Waals surface area contributed by atoms with Crippen LogP contribution in [0.15, 0.2) is 41.2 Å². The first kappa shape index (κ1) is 21.9. The maximum Gasteiger partial charge on any atom is 0.255 e. The van der Waals surface area contributed by atoms with Crippen LogP contribution in [0.4, 0.5) is 11.4 Å². The Morgan fingerprint density at radius 2 is 1.77 bits per heavy atom. The average Bonchev–Trinajstić information content (AvgIpc) is 3.01. The van der Waals surface area contributed by atoms with Crippen molar-refractivity contribution >= 4 is 23.2 Å². The molecule has 0 saturated carbocycles. The number of hydrogen-bond acceptors (Lipinski definition) is 5. The zero-order chi connectivity index (χ0) is 22.5. The molecule has 0 aliphatic rings. The Morgan fingerprint density at radius 1 is 1.06 bits per heavy atom. The minimum Gasteiger partial charge on any atom is -0.326 e. The van der Waals surface area contributed by atoms with Gasteiger partial charge in [0.15, 0.2) is 0 Å². The second kappa shape index (κ2) is 9.38. The maximum absolute atomic E-state index is 12.8. The minimum atomic E-state index is -0.394. The third-order valence-corrected chi connectivity index (χ3v) is 4.51. The van der Waals surface area contributed by atoms with E-state index < -0.39 is 5.91 Å². The molecule has 0 saturated heterocycles. The van der Waals surface area contributed by atoms with Crippen LogP contribution < -0.4 is 16.2 Å². The molecule has 0 aliphatic carbocycles. The number of carbonyl (C=O) groups is 2. The molecule has 2 aromatic heterocycles. The lowest BCUT2D eigenvalue weighted by atomic mass is 10.2. The molecule has 0 unspecified atom stereocenters. The van der Waals surface area contributed by atoms with Crippen LogP contribution in [0.2, 0.25) is 0 Å². The predicted molar refractivity (Wildman–Crippen MR) is 118 cm³/mol. The van der Waals surface area contributed by atoms with E-state index >= 15 is 0 Å². The number of aromatic nitrogens is 4. The minimum absolute atomic E-state index is 0.206. The van der Waals surface area contributed by atoms with Crippen molar-refractivity contribution < 1.29 is 9.59 Å². The van der Waals surface area contributed by atoms with E-state index in [4.69, 9.17) is 0 Å². The van der Waals surface area contributed by atoms with Crippen molar-refractivity contribution in [2.24, 2.45) is 0 Å². The molecule has 0 fully saturated rings. The Morgan fingerprint density at radius 3 is 2.39 bits per heavy atom. The van der Waals surface area contributed by atoms with Crippen LogP contribution in [0.25, 0.3) is 5.95 Å². The van der Waals surface area contributed by atoms with E-state index in [1.807, 2.05) is 26.8 Å². The molecule has 9 nitrogen and oxygen atoms in total. The molecule has 2 amide bonds. The summed E-state index contributed by atoms with van der Waals surface area (Å²) in [5.74, 6) is -0.290. The molecule has 0 aliphatic heterocycles. The molecule has 0 radical (unpaired) electrons. The quantitative estimate of drug-likeness (QED) is 0.608. The van der Waals surface area contributed by atoms with Gasteiger partial charge in [-0.15, -0.1) is 0 Å². The van der Waals surface area contributed by atoms with Crippen LogP contribution in [-0.4, -0.2) is 31.1 Å². The Labute approximate surface area is 180 Å². The highest BCUT2D eigenvalue weighted by molar-refractivity contribution is 5.93. The highest BCUT2D eigenvalue weighted by atomic mass is 16.2. The van der Waals surface area contributed by atoms with E-state index in [2.05, 4.69) is 20.7 Å². The maximum atomic E-state index is 12.8. The van der Waals surface area contributed by atoms with E-state index in [0.29, 0.717) is 29.4 Å². The van der Waals surface area contributed by atoms with Gasteiger partial charge in [0.05, 0.1) is 5.69 Å². The Balaban J connectivity index is 1.92. The van der Waals surface area contributed by atoms with Gasteiger partial charge in [-0.2, -0.15) is 5.10 Å². The first-order valence-corrected chi connectivity index (χ1v) is 10.1. The summed E-state index contributed by atoms with van der Waals surface area (Å²) in [6.07, 6.45) is 1.50. The fourth-order valence-electron chi connectivity index (χ4n) is 3.29. The van der Waals surface area contributed by atoms with Gasteiger partial charge in [-0.1, -0.05) is 19.4 Å². The van der Waals surface area contributed by atoms with Crippen LogP contribution in [0.3, 0.4) is 0 Å². The normalized spacial score (nSPS) is 10.7. The van der Waals surface area contributed by atoms with Crippen molar-refractivity contribution in [1.29, 1.82) is 0 Å². The van der Waals surface area contributed by atoms with Crippen LogP contribution >= 0.6 is 0 Å². The Bertz CT molecular complexity index is 1180. The SMILES string of the molecule is CCCc1cc(=O)n(CC(=O)Nc2cccc(NC(C)=O)c2)c(-n2nc(C)cc2C)n1. The standard InChI is InChI=1S/C22H26N6O3/c1-5-7-17-12-21(31)27(22(25-17)28-15(3)10-14(2)26-28)13-20(30)24-19-9-6-8-18(11-19)23-16(4)29/h6,8-12H,5,7,13H2,1-4H3,(H,23,29)(H,24,30). The van der Waals surface area contributed by atoms with Crippen LogP contribution in [0.5, 0.6) is 0 Å². The lowest BCUT2D eigenvalue weighted by molar-refractivity contribution is -0.117. The van der Waals surface area contributed by atoms with E-state index in [1.54, 1.807) is 28.9 Å². The zero-order valence-corrected chi connectivity index (χ0v) is 18.1. The number of aryl methyl sites for hydroxylation is 3. The molecule has 0 spiro atoms. The monoisotopic (exact) mass is 422 g/mol. The van der Waals surface area contributed by atoms with Crippen LogP contribution in [0, 0.1) is 13.8 Å². The Kier molecular flexibility index (Phi) is 6.64. The number of nitrogens with zero attached hydrogens (tertiary/aromatic N) is 4. The molecule has 3 rings (SSSR count). The summed E-state index contributed by atoms with van der Waals surface area (Å²) in [4.78, 5) is 41.4. The molecule has 0 atom stereocenters. The van der Waals surface area contributed by atoms with Crippen molar-refractivity contribution in [1.82, 2.24) is 19.3 Å². The van der Waals surface area contributed by atoms with Crippen LogP contribution in [0.1, 0.15) is 37.4 Å². The van der Waals surface area contributed by atoms with Crippen molar-refractivity contribution in [3.63, 3.8) is 0 Å². The van der Waals surface area contributed by atoms with Gasteiger partial charge in [0.2, 0.25) is 17.8 Å². The number of hydrogen-bond donors (Lipinski definition) is 2. The molecule has 1 aromatic carbocycles. The molecule has 2 heterocycles. The fourth-order valence-corrected chi connectivity index (χ4v) is 3.29. The second-order valence-electron chi connectivity index (χ2n) is 7.37. The third kappa shape index (κ3) is 5.44. The predicted octanol–water partition coefficient (Wildman–Crippen LogP) is 2.60. The lowest BCUT2D eigenvalue weighted by Gasteiger charge is -2.14. The molecule has 31 heavy (non-hydrogen) atoms. The number of nitrogens with one attached hydrogen (secondary N) is 2. The number of benzene rings is 1. The summed E-state index contributed by atoms with van der Waals surface area (Å²) >= 11 is 0. The third-order valence-electron chi connectivity index (χ3n) is 4.51. The van der Waals surface area contributed by atoms with Gasteiger partial charge >= 0.3 is 0 Å². The summed E-state index contributed by atoms with van der Waals surface area (Å²) in [7, 11) is 0. The Hall–Kier alpha value is -3.75. The summed E-state index contributed by atoms with van der Waals surface area (Å²) in [5.41, 5.74) is 3.02. The van der Waals surface area contributed by atoms with E-state index in [0.717, 1.165) is 17.8 Å². The molecule has 0 bridgehead atoms. The number of amides is 2. The molecule has 9 heteroatoms. The van der Waals surface area contributed by atoms with Crippen molar-refractivity contribution in [3.8, 4) is 5.95 Å². The van der Waals surface area contributed by atoms with Gasteiger partial charge in [0.1, 0.15) is 6.54 Å². The van der Waals surface area contributed by atoms with E-state index in [1.165, 1.54) is 17.6 Å². The van der Waals surface area contributed by atoms with Crippen LogP contribution in [-0.2, 0) is 22.6 Å². The van der Waals surface area contributed by atoms with Crippen molar-refractivity contribution in [3.05, 3.63) is 63.8 Å².